The normalized spacial score (nSPS) is 9.90. The summed E-state index contributed by atoms with van der Waals surface area (Å²) in [5.74, 6) is 0. The van der Waals surface area contributed by atoms with E-state index in [4.69, 9.17) is 0 Å². The van der Waals surface area contributed by atoms with Gasteiger partial charge < -0.3 is 10.8 Å². The Bertz CT molecular complexity index is 533. The second-order valence-electron chi connectivity index (χ2n) is 3.92. The molecule has 2 rings (SSSR count). The van der Waals surface area contributed by atoms with Crippen LogP contribution < -0.4 is 5.32 Å². The molecule has 0 radical (unpaired) electrons. The molecule has 0 spiro atoms. The van der Waals surface area contributed by atoms with Crippen molar-refractivity contribution in [2.45, 2.75) is 0 Å². The average molecular weight is 394 g/mol. The molecule has 0 unspecified atom stereocenters. The monoisotopic (exact) mass is 392 g/mol. The van der Waals surface area contributed by atoms with Crippen LogP contribution in [0.15, 0.2) is 59.3 Å². The van der Waals surface area contributed by atoms with Crippen molar-refractivity contribution in [3.63, 3.8) is 0 Å². The number of nitrogens with zero attached hydrogens (tertiary/aromatic N) is 1. The predicted octanol–water partition coefficient (Wildman–Crippen LogP) is 3.51. The van der Waals surface area contributed by atoms with Gasteiger partial charge in [0.2, 0.25) is 0 Å². The summed E-state index contributed by atoms with van der Waals surface area (Å²) in [6.45, 7) is 0.834. The molecule has 116 valence electrons. The van der Waals surface area contributed by atoms with E-state index in [1.807, 2.05) is 19.3 Å². The molecule has 0 aliphatic heterocycles. The zero-order valence-electron chi connectivity index (χ0n) is 11.5. The number of nitrogens with one attached hydrogen (secondary N) is 1. The second kappa shape index (κ2) is 11.7. The van der Waals surface area contributed by atoms with Gasteiger partial charge in [0.15, 0.2) is 0 Å². The van der Waals surface area contributed by atoms with E-state index >= 15 is 0 Å². The summed E-state index contributed by atoms with van der Waals surface area (Å²) < 4.78 is 1.09. The van der Waals surface area contributed by atoms with Crippen LogP contribution in [0.4, 0.5) is 0 Å². The predicted molar refractivity (Wildman–Crippen MR) is 97.5 cm³/mol. The number of pyridine rings is 1. The summed E-state index contributed by atoms with van der Waals surface area (Å²) in [6.07, 6.45) is 5.87. The summed E-state index contributed by atoms with van der Waals surface area (Å²) in [5, 5.41) is 3.14. The van der Waals surface area contributed by atoms with E-state index in [9.17, 15) is 0 Å². The van der Waals surface area contributed by atoms with Crippen LogP contribution in [0.2, 0.25) is 0 Å². The summed E-state index contributed by atoms with van der Waals surface area (Å²) in [5.41, 5.74) is 3.53. The number of rotatable bonds is 4. The standard InChI is InChI=1S/C15H15BrN2.2ClH.H2O/c1-17-10-8-15(13-3-2-9-18-11-13)12-4-6-14(16)7-5-12;;;/h2-9,11,17H,10H2,1H3;2*1H;1H2/b15-8-;;;. The highest BCUT2D eigenvalue weighted by Gasteiger charge is 2.04. The maximum absolute atomic E-state index is 4.19. The third-order valence-electron chi connectivity index (χ3n) is 2.64. The summed E-state index contributed by atoms with van der Waals surface area (Å²) in [4.78, 5) is 4.19. The SMILES string of the molecule is CNC/C=C(/c1ccc(Br)cc1)c1cccnc1.Cl.Cl.O. The highest BCUT2D eigenvalue weighted by atomic mass is 79.9. The molecule has 0 amide bonds. The zero-order valence-corrected chi connectivity index (χ0v) is 14.8. The fourth-order valence-electron chi connectivity index (χ4n) is 1.76. The molecule has 0 saturated heterocycles. The molecule has 3 N–H and O–H groups in total. The third kappa shape index (κ3) is 6.59. The van der Waals surface area contributed by atoms with Gasteiger partial charge in [-0.3, -0.25) is 4.98 Å². The molecule has 1 aromatic heterocycles. The largest absolute Gasteiger partial charge is 0.412 e. The van der Waals surface area contributed by atoms with Crippen molar-refractivity contribution < 1.29 is 5.48 Å². The lowest BCUT2D eigenvalue weighted by Gasteiger charge is -2.08. The van der Waals surface area contributed by atoms with Crippen LogP contribution in [0.5, 0.6) is 0 Å². The van der Waals surface area contributed by atoms with Gasteiger partial charge in [-0.25, -0.2) is 0 Å². The molecule has 0 aliphatic rings. The number of hydrogen-bond donors (Lipinski definition) is 1. The lowest BCUT2D eigenvalue weighted by atomic mass is 9.99. The summed E-state index contributed by atoms with van der Waals surface area (Å²) in [6, 6.07) is 12.4. The molecule has 1 heterocycles. The Balaban J connectivity index is 0. The van der Waals surface area contributed by atoms with Crippen LogP contribution in [-0.4, -0.2) is 24.1 Å². The average Bonchev–Trinajstić information content (AvgIpc) is 2.42. The highest BCUT2D eigenvalue weighted by molar-refractivity contribution is 9.10. The fraction of sp³-hybridized carbons (Fsp3) is 0.133. The lowest BCUT2D eigenvalue weighted by Crippen LogP contribution is -2.05. The zero-order chi connectivity index (χ0) is 12.8. The van der Waals surface area contributed by atoms with Crippen LogP contribution in [0.1, 0.15) is 11.1 Å². The fourth-order valence-corrected chi connectivity index (χ4v) is 2.02. The van der Waals surface area contributed by atoms with E-state index in [0.717, 1.165) is 16.6 Å². The molecule has 0 bridgehead atoms. The molecular formula is C15H19BrCl2N2O. The minimum Gasteiger partial charge on any atom is -0.412 e. The van der Waals surface area contributed by atoms with Crippen molar-refractivity contribution in [3.05, 3.63) is 70.5 Å². The quantitative estimate of drug-likeness (QED) is 0.863. The van der Waals surface area contributed by atoms with Gasteiger partial charge in [0.05, 0.1) is 0 Å². The Labute approximate surface area is 146 Å². The third-order valence-corrected chi connectivity index (χ3v) is 3.17. The van der Waals surface area contributed by atoms with Gasteiger partial charge in [0.25, 0.3) is 0 Å². The summed E-state index contributed by atoms with van der Waals surface area (Å²) in [7, 11) is 1.94. The van der Waals surface area contributed by atoms with Gasteiger partial charge >= 0.3 is 0 Å². The highest BCUT2D eigenvalue weighted by Crippen LogP contribution is 2.23. The number of halogens is 3. The van der Waals surface area contributed by atoms with Crippen molar-refractivity contribution >= 4 is 46.3 Å². The van der Waals surface area contributed by atoms with E-state index in [-0.39, 0.29) is 30.3 Å². The molecule has 0 fully saturated rings. The molecule has 6 heteroatoms. The first-order valence-electron chi connectivity index (χ1n) is 5.82. The minimum atomic E-state index is 0. The molecule has 21 heavy (non-hydrogen) atoms. The Morgan fingerprint density at radius 2 is 1.81 bits per heavy atom. The summed E-state index contributed by atoms with van der Waals surface area (Å²) >= 11 is 3.46. The van der Waals surface area contributed by atoms with Crippen LogP contribution in [0.25, 0.3) is 5.57 Å². The van der Waals surface area contributed by atoms with Gasteiger partial charge in [-0.05, 0) is 36.4 Å². The molecular weight excluding hydrogens is 375 g/mol. The first kappa shape index (κ1) is 22.4. The Morgan fingerprint density at radius 1 is 1.14 bits per heavy atom. The first-order valence-corrected chi connectivity index (χ1v) is 6.61. The number of aromatic nitrogens is 1. The van der Waals surface area contributed by atoms with Gasteiger partial charge in [-0.1, -0.05) is 40.2 Å². The maximum Gasteiger partial charge on any atom is 0.0346 e. The van der Waals surface area contributed by atoms with Crippen LogP contribution in [0, 0.1) is 0 Å². The Hall–Kier alpha value is -0.910. The molecule has 0 atom stereocenters. The van der Waals surface area contributed by atoms with Crippen molar-refractivity contribution in [3.8, 4) is 0 Å². The molecule has 3 nitrogen and oxygen atoms in total. The van der Waals surface area contributed by atoms with Crippen LogP contribution in [-0.2, 0) is 0 Å². The Kier molecular flexibility index (Phi) is 12.5. The van der Waals surface area contributed by atoms with Gasteiger partial charge in [0, 0.05) is 29.0 Å². The van der Waals surface area contributed by atoms with E-state index in [1.54, 1.807) is 6.20 Å². The maximum atomic E-state index is 4.19. The van der Waals surface area contributed by atoms with Gasteiger partial charge in [-0.15, -0.1) is 24.8 Å². The topological polar surface area (TPSA) is 56.4 Å². The van der Waals surface area contributed by atoms with Crippen molar-refractivity contribution in [2.24, 2.45) is 0 Å². The van der Waals surface area contributed by atoms with Crippen LogP contribution in [0.3, 0.4) is 0 Å². The smallest absolute Gasteiger partial charge is 0.0346 e. The lowest BCUT2D eigenvalue weighted by molar-refractivity contribution is 0.824. The minimum absolute atomic E-state index is 0. The van der Waals surface area contributed by atoms with Crippen molar-refractivity contribution in [2.75, 3.05) is 13.6 Å². The molecule has 1 aromatic carbocycles. The van der Waals surface area contributed by atoms with E-state index < -0.39 is 0 Å². The number of benzene rings is 1. The van der Waals surface area contributed by atoms with Crippen LogP contribution >= 0.6 is 40.7 Å². The molecule has 0 aliphatic carbocycles. The van der Waals surface area contributed by atoms with Gasteiger partial charge in [-0.2, -0.15) is 0 Å². The second-order valence-corrected chi connectivity index (χ2v) is 4.84. The number of hydrogen-bond acceptors (Lipinski definition) is 2. The number of likely N-dealkylation sites (N-methyl/N-ethyl adjacent to an activating group) is 1. The molecule has 2 aromatic rings. The van der Waals surface area contributed by atoms with Crippen molar-refractivity contribution in [1.82, 2.24) is 10.3 Å². The Morgan fingerprint density at radius 3 is 2.33 bits per heavy atom. The first-order chi connectivity index (χ1) is 8.81. The van der Waals surface area contributed by atoms with E-state index in [1.165, 1.54) is 11.1 Å². The van der Waals surface area contributed by atoms with Crippen molar-refractivity contribution in [1.29, 1.82) is 0 Å². The van der Waals surface area contributed by atoms with Gasteiger partial charge in [0.1, 0.15) is 0 Å². The molecule has 0 saturated carbocycles. The van der Waals surface area contributed by atoms with E-state index in [0.29, 0.717) is 0 Å². The van der Waals surface area contributed by atoms with E-state index in [2.05, 4.69) is 62.6 Å².